The Morgan fingerprint density at radius 2 is 2.08 bits per heavy atom. The van der Waals surface area contributed by atoms with Crippen molar-refractivity contribution in [2.75, 3.05) is 13.2 Å². The van der Waals surface area contributed by atoms with Gasteiger partial charge in [0, 0.05) is 29.2 Å². The van der Waals surface area contributed by atoms with Gasteiger partial charge in [-0.25, -0.2) is 0 Å². The number of carbonyl (C=O) groups is 2. The normalized spacial score (nSPS) is 15.9. The fourth-order valence-electron chi connectivity index (χ4n) is 2.88. The number of amides is 1. The maximum atomic E-state index is 12.4. The van der Waals surface area contributed by atoms with E-state index in [1.54, 1.807) is 13.0 Å². The smallest absolute Gasteiger partial charge is 0.325 e. The number of fused-ring (bicyclic) bond motifs is 1. The molecule has 1 fully saturated rings. The van der Waals surface area contributed by atoms with Crippen LogP contribution in [-0.4, -0.2) is 39.6 Å². The molecule has 0 spiro atoms. The molecule has 3 rings (SSSR count). The summed E-state index contributed by atoms with van der Waals surface area (Å²) in [7, 11) is 0. The zero-order chi connectivity index (χ0) is 18.0. The van der Waals surface area contributed by atoms with Gasteiger partial charge in [0.2, 0.25) is 0 Å². The summed E-state index contributed by atoms with van der Waals surface area (Å²) in [4.78, 5) is 25.7. The maximum Gasteiger partial charge on any atom is 0.325 e. The van der Waals surface area contributed by atoms with Crippen molar-refractivity contribution in [1.29, 1.82) is 0 Å². The lowest BCUT2D eigenvalue weighted by atomic mass is 10.1. The molecule has 1 aromatic carbocycles. The van der Waals surface area contributed by atoms with Crippen molar-refractivity contribution in [3.63, 3.8) is 0 Å². The summed E-state index contributed by atoms with van der Waals surface area (Å²) in [6.07, 6.45) is 3.62. The molecule has 6 nitrogen and oxygen atoms in total. The molecule has 0 bridgehead atoms. The number of para-hydroxylation sites is 1. The summed E-state index contributed by atoms with van der Waals surface area (Å²) in [6, 6.07) is 7.72. The van der Waals surface area contributed by atoms with Gasteiger partial charge in [0.15, 0.2) is 5.11 Å². The monoisotopic (exact) mass is 357 g/mol. The second-order valence-corrected chi connectivity index (χ2v) is 5.96. The summed E-state index contributed by atoms with van der Waals surface area (Å²) in [5, 5.41) is 4.32. The number of rotatable bonds is 5. The van der Waals surface area contributed by atoms with Crippen molar-refractivity contribution in [1.82, 2.24) is 14.8 Å². The summed E-state index contributed by atoms with van der Waals surface area (Å²) in [6.45, 7) is 4.64. The molecule has 2 aromatic rings. The van der Waals surface area contributed by atoms with Gasteiger partial charge in [0.25, 0.3) is 5.91 Å². The van der Waals surface area contributed by atoms with E-state index in [1.807, 2.05) is 42.0 Å². The van der Waals surface area contributed by atoms with E-state index in [9.17, 15) is 9.59 Å². The molecular formula is C18H19N3O3S. The van der Waals surface area contributed by atoms with E-state index in [2.05, 4.69) is 5.32 Å². The van der Waals surface area contributed by atoms with Crippen LogP contribution in [0, 0.1) is 0 Å². The predicted molar refractivity (Wildman–Crippen MR) is 99.7 cm³/mol. The van der Waals surface area contributed by atoms with Gasteiger partial charge < -0.3 is 14.6 Å². The predicted octanol–water partition coefficient (Wildman–Crippen LogP) is 2.28. The average molecular weight is 357 g/mol. The first-order valence-electron chi connectivity index (χ1n) is 8.13. The fraction of sp³-hybridized carbons (Fsp3) is 0.278. The van der Waals surface area contributed by atoms with Crippen molar-refractivity contribution >= 4 is 46.2 Å². The Kier molecular flexibility index (Phi) is 4.85. The minimum atomic E-state index is -0.296. The van der Waals surface area contributed by atoms with Crippen molar-refractivity contribution in [2.45, 2.75) is 20.4 Å². The third-order valence-electron chi connectivity index (χ3n) is 4.00. The van der Waals surface area contributed by atoms with E-state index >= 15 is 0 Å². The molecule has 1 saturated heterocycles. The quantitative estimate of drug-likeness (QED) is 0.505. The third-order valence-corrected chi connectivity index (χ3v) is 4.33. The standard InChI is InChI=1S/C18H19N3O3S/c1-3-21-17(23)14(19-18(21)25)9-12-10-20(11-16(22)24-4-2)15-8-6-5-7-13(12)15/h5-10H,3-4,11H2,1-2H3,(H,19,25)/b14-9-. The van der Waals surface area contributed by atoms with Gasteiger partial charge in [-0.2, -0.15) is 0 Å². The topological polar surface area (TPSA) is 63.6 Å². The Labute approximate surface area is 151 Å². The number of nitrogens with one attached hydrogen (secondary N) is 1. The fourth-order valence-corrected chi connectivity index (χ4v) is 3.20. The lowest BCUT2D eigenvalue weighted by molar-refractivity contribution is -0.143. The number of thiocarbonyl (C=S) groups is 1. The number of ether oxygens (including phenoxy) is 1. The minimum absolute atomic E-state index is 0.123. The molecule has 25 heavy (non-hydrogen) atoms. The van der Waals surface area contributed by atoms with Crippen LogP contribution in [-0.2, 0) is 20.9 Å². The van der Waals surface area contributed by atoms with E-state index in [0.29, 0.717) is 24.0 Å². The molecule has 130 valence electrons. The molecular weight excluding hydrogens is 338 g/mol. The first kappa shape index (κ1) is 17.2. The molecule has 0 radical (unpaired) electrons. The molecule has 1 amide bonds. The maximum absolute atomic E-state index is 12.4. The lowest BCUT2D eigenvalue weighted by Crippen LogP contribution is -2.30. The van der Waals surface area contributed by atoms with Crippen LogP contribution < -0.4 is 5.32 Å². The molecule has 0 unspecified atom stereocenters. The number of hydrogen-bond donors (Lipinski definition) is 1. The van der Waals surface area contributed by atoms with Crippen LogP contribution in [0.5, 0.6) is 0 Å². The van der Waals surface area contributed by atoms with Gasteiger partial charge in [-0.3, -0.25) is 14.5 Å². The number of carbonyl (C=O) groups excluding carboxylic acids is 2. The van der Waals surface area contributed by atoms with Gasteiger partial charge >= 0.3 is 5.97 Å². The average Bonchev–Trinajstić information content (AvgIpc) is 3.06. The highest BCUT2D eigenvalue weighted by Crippen LogP contribution is 2.24. The number of aromatic nitrogens is 1. The number of hydrogen-bond acceptors (Lipinski definition) is 4. The summed E-state index contributed by atoms with van der Waals surface area (Å²) in [5.41, 5.74) is 2.19. The van der Waals surface area contributed by atoms with Gasteiger partial charge in [-0.05, 0) is 38.2 Å². The Bertz CT molecular complexity index is 885. The van der Waals surface area contributed by atoms with Crippen molar-refractivity contribution < 1.29 is 14.3 Å². The zero-order valence-corrected chi connectivity index (χ0v) is 14.9. The third kappa shape index (κ3) is 3.28. The number of benzene rings is 1. The van der Waals surface area contributed by atoms with Crippen LogP contribution in [0.2, 0.25) is 0 Å². The molecule has 0 aliphatic carbocycles. The molecule has 1 N–H and O–H groups in total. The highest BCUT2D eigenvalue weighted by molar-refractivity contribution is 7.80. The Morgan fingerprint density at radius 1 is 1.32 bits per heavy atom. The summed E-state index contributed by atoms with van der Waals surface area (Å²) in [5.74, 6) is -0.439. The molecule has 2 heterocycles. The van der Waals surface area contributed by atoms with Gasteiger partial charge in [-0.15, -0.1) is 0 Å². The lowest BCUT2D eigenvalue weighted by Gasteiger charge is -2.08. The van der Waals surface area contributed by atoms with E-state index in [4.69, 9.17) is 17.0 Å². The SMILES string of the molecule is CCOC(=O)Cn1cc(/C=C2\NC(=S)N(CC)C2=O)c2ccccc21. The van der Waals surface area contributed by atoms with E-state index in [-0.39, 0.29) is 18.4 Å². The van der Waals surface area contributed by atoms with Gasteiger partial charge in [-0.1, -0.05) is 18.2 Å². The number of nitrogens with zero attached hydrogens (tertiary/aromatic N) is 2. The second-order valence-electron chi connectivity index (χ2n) is 5.57. The van der Waals surface area contributed by atoms with Gasteiger partial charge in [0.1, 0.15) is 12.2 Å². The highest BCUT2D eigenvalue weighted by Gasteiger charge is 2.29. The van der Waals surface area contributed by atoms with Gasteiger partial charge in [0.05, 0.1) is 6.61 Å². The first-order valence-corrected chi connectivity index (χ1v) is 8.54. The van der Waals surface area contributed by atoms with Crippen molar-refractivity contribution in [2.24, 2.45) is 0 Å². The Hall–Kier alpha value is -2.67. The molecule has 7 heteroatoms. The van der Waals surface area contributed by atoms with Crippen LogP contribution in [0.1, 0.15) is 19.4 Å². The van der Waals surface area contributed by atoms with Crippen LogP contribution in [0.4, 0.5) is 0 Å². The van der Waals surface area contributed by atoms with Crippen molar-refractivity contribution in [3.8, 4) is 0 Å². The Morgan fingerprint density at radius 3 is 2.76 bits per heavy atom. The Balaban J connectivity index is 2.00. The van der Waals surface area contributed by atoms with E-state index < -0.39 is 0 Å². The number of likely N-dealkylation sites (N-methyl/N-ethyl adjacent to an activating group) is 1. The highest BCUT2D eigenvalue weighted by atomic mass is 32.1. The largest absolute Gasteiger partial charge is 0.465 e. The summed E-state index contributed by atoms with van der Waals surface area (Å²) >= 11 is 5.18. The van der Waals surface area contributed by atoms with Crippen LogP contribution in [0.25, 0.3) is 17.0 Å². The van der Waals surface area contributed by atoms with Crippen LogP contribution >= 0.6 is 12.2 Å². The zero-order valence-electron chi connectivity index (χ0n) is 14.1. The number of esters is 1. The molecule has 1 aliphatic heterocycles. The molecule has 0 atom stereocenters. The van der Waals surface area contributed by atoms with E-state index in [0.717, 1.165) is 16.5 Å². The van der Waals surface area contributed by atoms with E-state index in [1.165, 1.54) is 4.90 Å². The minimum Gasteiger partial charge on any atom is -0.465 e. The first-order chi connectivity index (χ1) is 12.0. The molecule has 0 saturated carbocycles. The second kappa shape index (κ2) is 7.06. The molecule has 1 aromatic heterocycles. The summed E-state index contributed by atoms with van der Waals surface area (Å²) < 4.78 is 6.86. The van der Waals surface area contributed by atoms with Crippen LogP contribution in [0.15, 0.2) is 36.2 Å². The van der Waals surface area contributed by atoms with Crippen molar-refractivity contribution in [3.05, 3.63) is 41.7 Å². The van der Waals surface area contributed by atoms with Crippen LogP contribution in [0.3, 0.4) is 0 Å². The molecule has 1 aliphatic rings.